The van der Waals surface area contributed by atoms with Crippen LogP contribution in [0.15, 0.2) is 0 Å². The summed E-state index contributed by atoms with van der Waals surface area (Å²) < 4.78 is 5.63. The van der Waals surface area contributed by atoms with Gasteiger partial charge < -0.3 is 9.84 Å². The summed E-state index contributed by atoms with van der Waals surface area (Å²) in [4.78, 5) is 13.5. The molecule has 2 fully saturated rings. The van der Waals surface area contributed by atoms with Gasteiger partial charge in [0.25, 0.3) is 0 Å². The van der Waals surface area contributed by atoms with Crippen molar-refractivity contribution in [3.8, 4) is 0 Å². The highest BCUT2D eigenvalue weighted by Gasteiger charge is 2.37. The average Bonchev–Trinajstić information content (AvgIpc) is 2.53. The van der Waals surface area contributed by atoms with E-state index in [0.29, 0.717) is 25.0 Å². The number of aliphatic carboxylic acids is 1. The third-order valence-electron chi connectivity index (χ3n) is 4.19. The first-order chi connectivity index (χ1) is 8.24. The highest BCUT2D eigenvalue weighted by Crippen LogP contribution is 2.32. The van der Waals surface area contributed by atoms with Crippen molar-refractivity contribution in [1.82, 2.24) is 4.90 Å². The van der Waals surface area contributed by atoms with Crippen molar-refractivity contribution in [2.24, 2.45) is 5.92 Å². The van der Waals surface area contributed by atoms with Crippen LogP contribution in [0, 0.1) is 5.92 Å². The van der Waals surface area contributed by atoms with E-state index in [2.05, 4.69) is 4.90 Å². The van der Waals surface area contributed by atoms with Crippen molar-refractivity contribution in [2.45, 2.75) is 51.1 Å². The lowest BCUT2D eigenvalue weighted by molar-refractivity contribution is -0.145. The van der Waals surface area contributed by atoms with Gasteiger partial charge in [-0.2, -0.15) is 0 Å². The van der Waals surface area contributed by atoms with Crippen LogP contribution >= 0.6 is 0 Å². The van der Waals surface area contributed by atoms with Crippen LogP contribution in [0.2, 0.25) is 0 Å². The number of rotatable bonds is 3. The molecule has 0 aromatic heterocycles. The molecule has 0 radical (unpaired) electrons. The molecule has 1 saturated heterocycles. The Morgan fingerprint density at radius 2 is 2.24 bits per heavy atom. The summed E-state index contributed by atoms with van der Waals surface area (Å²) in [7, 11) is 0. The van der Waals surface area contributed by atoms with E-state index in [1.165, 1.54) is 19.3 Å². The Labute approximate surface area is 103 Å². The monoisotopic (exact) mass is 241 g/mol. The quantitative estimate of drug-likeness (QED) is 0.817. The molecule has 4 heteroatoms. The summed E-state index contributed by atoms with van der Waals surface area (Å²) in [6.45, 7) is 4.22. The minimum atomic E-state index is -0.682. The molecule has 2 rings (SSSR count). The molecule has 3 atom stereocenters. The molecule has 1 aliphatic carbocycles. The van der Waals surface area contributed by atoms with E-state index in [1.807, 2.05) is 6.92 Å². The second kappa shape index (κ2) is 5.83. The number of carbonyl (C=O) groups is 1. The molecule has 1 heterocycles. The molecule has 0 spiro atoms. The van der Waals surface area contributed by atoms with E-state index < -0.39 is 5.97 Å². The van der Waals surface area contributed by atoms with Crippen LogP contribution in [0.25, 0.3) is 0 Å². The lowest BCUT2D eigenvalue weighted by atomic mass is 9.83. The zero-order valence-corrected chi connectivity index (χ0v) is 10.6. The van der Waals surface area contributed by atoms with Gasteiger partial charge in [-0.3, -0.25) is 9.69 Å². The molecule has 17 heavy (non-hydrogen) atoms. The fourth-order valence-corrected chi connectivity index (χ4v) is 3.33. The van der Waals surface area contributed by atoms with Gasteiger partial charge in [-0.25, -0.2) is 0 Å². The predicted molar refractivity (Wildman–Crippen MR) is 65.0 cm³/mol. The Kier molecular flexibility index (Phi) is 4.40. The zero-order valence-electron chi connectivity index (χ0n) is 10.6. The van der Waals surface area contributed by atoms with Crippen LogP contribution in [-0.4, -0.2) is 47.8 Å². The van der Waals surface area contributed by atoms with Crippen LogP contribution in [0.4, 0.5) is 0 Å². The maximum Gasteiger partial charge on any atom is 0.320 e. The topological polar surface area (TPSA) is 49.8 Å². The number of carboxylic acids is 1. The maximum atomic E-state index is 11.3. The minimum Gasteiger partial charge on any atom is -0.480 e. The van der Waals surface area contributed by atoms with Gasteiger partial charge in [0.1, 0.15) is 6.04 Å². The second-order valence-electron chi connectivity index (χ2n) is 5.19. The van der Waals surface area contributed by atoms with Crippen molar-refractivity contribution in [3.05, 3.63) is 0 Å². The Hall–Kier alpha value is -0.610. The van der Waals surface area contributed by atoms with Gasteiger partial charge in [0.15, 0.2) is 0 Å². The zero-order chi connectivity index (χ0) is 12.3. The Morgan fingerprint density at radius 1 is 1.47 bits per heavy atom. The van der Waals surface area contributed by atoms with Crippen LogP contribution in [0.3, 0.4) is 0 Å². The van der Waals surface area contributed by atoms with Crippen LogP contribution in [0.5, 0.6) is 0 Å². The first kappa shape index (κ1) is 12.8. The molecule has 2 aliphatic rings. The Morgan fingerprint density at radius 3 is 2.94 bits per heavy atom. The highest BCUT2D eigenvalue weighted by molar-refractivity contribution is 5.73. The van der Waals surface area contributed by atoms with Crippen LogP contribution in [0.1, 0.15) is 39.0 Å². The first-order valence-electron chi connectivity index (χ1n) is 6.80. The molecule has 0 amide bonds. The SMILES string of the molecule is CC[C@H](C(=O)O)N1CCOC[C@@H]2CCCC[C@H]21. The van der Waals surface area contributed by atoms with E-state index in [4.69, 9.17) is 4.74 Å². The summed E-state index contributed by atoms with van der Waals surface area (Å²) in [5.41, 5.74) is 0. The summed E-state index contributed by atoms with van der Waals surface area (Å²) in [6, 6.07) is 0.0922. The van der Waals surface area contributed by atoms with Crippen molar-refractivity contribution < 1.29 is 14.6 Å². The molecular formula is C13H23NO3. The molecule has 0 bridgehead atoms. The number of hydrogen-bond donors (Lipinski definition) is 1. The second-order valence-corrected chi connectivity index (χ2v) is 5.19. The van der Waals surface area contributed by atoms with Gasteiger partial charge in [0.05, 0.1) is 13.2 Å². The molecule has 1 N–H and O–H groups in total. The van der Waals surface area contributed by atoms with E-state index in [1.54, 1.807) is 0 Å². The Balaban J connectivity index is 2.14. The largest absolute Gasteiger partial charge is 0.480 e. The van der Waals surface area contributed by atoms with Crippen molar-refractivity contribution in [2.75, 3.05) is 19.8 Å². The lowest BCUT2D eigenvalue weighted by Crippen LogP contribution is -2.51. The van der Waals surface area contributed by atoms with Gasteiger partial charge >= 0.3 is 5.97 Å². The third kappa shape index (κ3) is 2.80. The summed E-state index contributed by atoms with van der Waals surface area (Å²) in [6.07, 6.45) is 5.50. The maximum absolute atomic E-state index is 11.3. The molecular weight excluding hydrogens is 218 g/mol. The molecule has 1 aliphatic heterocycles. The van der Waals surface area contributed by atoms with E-state index in [-0.39, 0.29) is 6.04 Å². The predicted octanol–water partition coefficient (Wildman–Crippen LogP) is 1.74. The number of nitrogens with zero attached hydrogens (tertiary/aromatic N) is 1. The minimum absolute atomic E-state index is 0.331. The summed E-state index contributed by atoms with van der Waals surface area (Å²) in [5, 5.41) is 9.33. The van der Waals surface area contributed by atoms with Gasteiger partial charge in [0, 0.05) is 12.6 Å². The average molecular weight is 241 g/mol. The fraction of sp³-hybridized carbons (Fsp3) is 0.923. The van der Waals surface area contributed by atoms with Crippen LogP contribution in [-0.2, 0) is 9.53 Å². The van der Waals surface area contributed by atoms with Crippen molar-refractivity contribution in [1.29, 1.82) is 0 Å². The number of carboxylic acid groups (broad SMARTS) is 1. The number of fused-ring (bicyclic) bond motifs is 1. The summed E-state index contributed by atoms with van der Waals surface area (Å²) in [5.74, 6) is -0.140. The molecule has 98 valence electrons. The number of ether oxygens (including phenoxy) is 1. The van der Waals surface area contributed by atoms with Crippen molar-refractivity contribution in [3.63, 3.8) is 0 Å². The van der Waals surface area contributed by atoms with Gasteiger partial charge in [-0.1, -0.05) is 19.8 Å². The Bertz CT molecular complexity index is 269. The summed E-state index contributed by atoms with van der Waals surface area (Å²) >= 11 is 0. The number of hydrogen-bond acceptors (Lipinski definition) is 3. The fourth-order valence-electron chi connectivity index (χ4n) is 3.33. The smallest absolute Gasteiger partial charge is 0.320 e. The molecule has 1 saturated carbocycles. The highest BCUT2D eigenvalue weighted by atomic mass is 16.5. The first-order valence-corrected chi connectivity index (χ1v) is 6.80. The van der Waals surface area contributed by atoms with Gasteiger partial charge in [0.2, 0.25) is 0 Å². The van der Waals surface area contributed by atoms with Crippen LogP contribution < -0.4 is 0 Å². The van der Waals surface area contributed by atoms with Crippen molar-refractivity contribution >= 4 is 5.97 Å². The normalized spacial score (nSPS) is 32.5. The molecule has 0 aromatic carbocycles. The molecule has 0 aromatic rings. The molecule has 0 unspecified atom stereocenters. The molecule has 4 nitrogen and oxygen atoms in total. The van der Waals surface area contributed by atoms with E-state index >= 15 is 0 Å². The van der Waals surface area contributed by atoms with E-state index in [9.17, 15) is 9.90 Å². The van der Waals surface area contributed by atoms with Gasteiger partial charge in [-0.15, -0.1) is 0 Å². The van der Waals surface area contributed by atoms with Gasteiger partial charge in [-0.05, 0) is 25.2 Å². The standard InChI is InChI=1S/C13H23NO3/c1-2-11(13(15)16)14-7-8-17-9-10-5-3-4-6-12(10)14/h10-12H,2-9H2,1H3,(H,15,16)/t10-,11+,12+/m0/s1. The third-order valence-corrected chi connectivity index (χ3v) is 4.19. The van der Waals surface area contributed by atoms with E-state index in [0.717, 1.165) is 19.6 Å². The lowest BCUT2D eigenvalue weighted by Gasteiger charge is -2.40.